The first kappa shape index (κ1) is 24.2. The van der Waals surface area contributed by atoms with Gasteiger partial charge in [0.25, 0.3) is 5.91 Å². The summed E-state index contributed by atoms with van der Waals surface area (Å²) in [5.41, 5.74) is 3.62. The van der Waals surface area contributed by atoms with Crippen LogP contribution in [-0.4, -0.2) is 55.0 Å². The molecule has 1 N–H and O–H groups in total. The summed E-state index contributed by atoms with van der Waals surface area (Å²) in [6.45, 7) is 2.87. The van der Waals surface area contributed by atoms with E-state index in [1.165, 1.54) is 0 Å². The van der Waals surface area contributed by atoms with Gasteiger partial charge in [-0.25, -0.2) is 0 Å². The second kappa shape index (κ2) is 9.89. The molecule has 0 saturated carbocycles. The summed E-state index contributed by atoms with van der Waals surface area (Å²) in [7, 11) is 3.64. The van der Waals surface area contributed by atoms with E-state index in [4.69, 9.17) is 14.2 Å². The second-order valence-corrected chi connectivity index (χ2v) is 9.14. The first-order valence-electron chi connectivity index (χ1n) is 12.0. The van der Waals surface area contributed by atoms with Gasteiger partial charge in [-0.15, -0.1) is 0 Å². The fourth-order valence-electron chi connectivity index (χ4n) is 4.76. The second-order valence-electron chi connectivity index (χ2n) is 9.14. The highest BCUT2D eigenvalue weighted by molar-refractivity contribution is 6.04. The lowest BCUT2D eigenvalue weighted by Crippen LogP contribution is -2.41. The summed E-state index contributed by atoms with van der Waals surface area (Å²) in [4.78, 5) is 26.7. The molecule has 0 radical (unpaired) electrons. The average Bonchev–Trinajstić information content (AvgIpc) is 3.23. The van der Waals surface area contributed by atoms with E-state index in [-0.39, 0.29) is 18.4 Å². The van der Waals surface area contributed by atoms with E-state index < -0.39 is 5.97 Å². The smallest absolute Gasteiger partial charge is 0.307 e. The highest BCUT2D eigenvalue weighted by Gasteiger charge is 2.25. The SMILES string of the molecule is COc1ccc2c(c1)O[C@H](COc1ccc(C(=O)n3c(C)cc4c(CC(=O)O)cccc43)cc1)CN2C. The Morgan fingerprint density at radius 1 is 1.05 bits per heavy atom. The van der Waals surface area contributed by atoms with Crippen LogP contribution in [0.2, 0.25) is 0 Å². The number of methoxy groups -OCH3 is 1. The fourth-order valence-corrected chi connectivity index (χ4v) is 4.76. The first-order chi connectivity index (χ1) is 17.8. The zero-order valence-corrected chi connectivity index (χ0v) is 20.9. The van der Waals surface area contributed by atoms with Gasteiger partial charge in [-0.1, -0.05) is 12.1 Å². The Balaban J connectivity index is 1.29. The molecule has 2 heterocycles. The van der Waals surface area contributed by atoms with E-state index in [0.29, 0.717) is 35.5 Å². The van der Waals surface area contributed by atoms with Gasteiger partial charge in [-0.3, -0.25) is 14.2 Å². The summed E-state index contributed by atoms with van der Waals surface area (Å²) in [5.74, 6) is 1.03. The van der Waals surface area contributed by atoms with Crippen molar-refractivity contribution >= 4 is 28.5 Å². The van der Waals surface area contributed by atoms with Crippen molar-refractivity contribution in [2.45, 2.75) is 19.4 Å². The third-order valence-corrected chi connectivity index (χ3v) is 6.55. The summed E-state index contributed by atoms with van der Waals surface area (Å²) in [5, 5.41) is 9.99. The van der Waals surface area contributed by atoms with Crippen LogP contribution in [0, 0.1) is 6.92 Å². The van der Waals surface area contributed by atoms with Gasteiger partial charge in [0.1, 0.15) is 30.0 Å². The lowest BCUT2D eigenvalue weighted by atomic mass is 10.1. The average molecular weight is 501 g/mol. The molecule has 37 heavy (non-hydrogen) atoms. The Kier molecular flexibility index (Phi) is 6.48. The zero-order valence-electron chi connectivity index (χ0n) is 20.9. The van der Waals surface area contributed by atoms with Crippen molar-refractivity contribution in [3.63, 3.8) is 0 Å². The van der Waals surface area contributed by atoms with E-state index in [0.717, 1.165) is 28.3 Å². The maximum absolute atomic E-state index is 13.4. The van der Waals surface area contributed by atoms with E-state index in [2.05, 4.69) is 4.90 Å². The summed E-state index contributed by atoms with van der Waals surface area (Å²) >= 11 is 0. The van der Waals surface area contributed by atoms with Crippen LogP contribution < -0.4 is 19.1 Å². The minimum atomic E-state index is -0.908. The van der Waals surface area contributed by atoms with E-state index in [9.17, 15) is 14.7 Å². The van der Waals surface area contributed by atoms with Crippen LogP contribution in [0.25, 0.3) is 10.9 Å². The molecule has 8 nitrogen and oxygen atoms in total. The molecule has 4 aromatic rings. The molecule has 0 unspecified atom stereocenters. The quantitative estimate of drug-likeness (QED) is 0.398. The fraction of sp³-hybridized carbons (Fsp3) is 0.241. The minimum absolute atomic E-state index is 0.0966. The third-order valence-electron chi connectivity index (χ3n) is 6.55. The molecule has 3 aromatic carbocycles. The molecule has 8 heteroatoms. The molecule has 0 saturated heterocycles. The van der Waals surface area contributed by atoms with Gasteiger partial charge < -0.3 is 24.2 Å². The number of aliphatic carboxylic acids is 1. The number of carboxylic acid groups (broad SMARTS) is 1. The van der Waals surface area contributed by atoms with E-state index >= 15 is 0 Å². The Bertz CT molecular complexity index is 1470. The number of carboxylic acids is 1. The lowest BCUT2D eigenvalue weighted by Gasteiger charge is -2.33. The number of aryl methyl sites for hydroxylation is 1. The van der Waals surface area contributed by atoms with Gasteiger partial charge in [0.2, 0.25) is 0 Å². The van der Waals surface area contributed by atoms with Crippen molar-refractivity contribution in [3.8, 4) is 17.2 Å². The Morgan fingerprint density at radius 3 is 2.54 bits per heavy atom. The number of rotatable bonds is 7. The molecule has 0 amide bonds. The van der Waals surface area contributed by atoms with Gasteiger partial charge in [0.15, 0.2) is 0 Å². The van der Waals surface area contributed by atoms with Crippen molar-refractivity contribution < 1.29 is 28.9 Å². The van der Waals surface area contributed by atoms with Crippen molar-refractivity contribution in [2.24, 2.45) is 0 Å². The predicted molar refractivity (Wildman–Crippen MR) is 140 cm³/mol. The number of carbonyl (C=O) groups excluding carboxylic acids is 1. The van der Waals surface area contributed by atoms with Crippen LogP contribution in [0.5, 0.6) is 17.2 Å². The highest BCUT2D eigenvalue weighted by Crippen LogP contribution is 2.35. The van der Waals surface area contributed by atoms with E-state index in [1.807, 2.05) is 44.3 Å². The van der Waals surface area contributed by atoms with Crippen LogP contribution in [-0.2, 0) is 11.2 Å². The number of anilines is 1. The Labute approximate surface area is 214 Å². The van der Waals surface area contributed by atoms with Crippen LogP contribution in [0.3, 0.4) is 0 Å². The Hall–Kier alpha value is -4.46. The molecule has 0 aliphatic carbocycles. The normalized spacial score (nSPS) is 14.7. The summed E-state index contributed by atoms with van der Waals surface area (Å²) in [6.07, 6.45) is -0.263. The topological polar surface area (TPSA) is 90.2 Å². The predicted octanol–water partition coefficient (Wildman–Crippen LogP) is 4.55. The molecule has 0 fully saturated rings. The van der Waals surface area contributed by atoms with Gasteiger partial charge in [-0.2, -0.15) is 0 Å². The van der Waals surface area contributed by atoms with Gasteiger partial charge in [-0.05, 0) is 61.0 Å². The maximum atomic E-state index is 13.4. The molecular weight excluding hydrogens is 472 g/mol. The number of likely N-dealkylation sites (N-methyl/N-ethyl adjacent to an activating group) is 1. The third kappa shape index (κ3) is 4.82. The molecule has 1 aliphatic rings. The Morgan fingerprint density at radius 2 is 1.81 bits per heavy atom. The number of nitrogens with zero attached hydrogens (tertiary/aromatic N) is 2. The van der Waals surface area contributed by atoms with Gasteiger partial charge >= 0.3 is 5.97 Å². The molecular formula is C29H28N2O6. The van der Waals surface area contributed by atoms with Gasteiger partial charge in [0.05, 0.1) is 31.3 Å². The number of benzene rings is 3. The minimum Gasteiger partial charge on any atom is -0.497 e. The highest BCUT2D eigenvalue weighted by atomic mass is 16.5. The number of aromatic nitrogens is 1. The molecule has 5 rings (SSSR count). The number of fused-ring (bicyclic) bond motifs is 2. The molecule has 0 bridgehead atoms. The molecule has 1 aromatic heterocycles. The van der Waals surface area contributed by atoms with Crippen molar-refractivity contribution in [1.82, 2.24) is 4.57 Å². The number of hydrogen-bond donors (Lipinski definition) is 1. The van der Waals surface area contributed by atoms with Crippen LogP contribution in [0.4, 0.5) is 5.69 Å². The number of ether oxygens (including phenoxy) is 3. The standard InChI is InChI=1S/C29H28N2O6/c1-18-13-24-20(14-28(32)33)5-4-6-25(24)31(18)29(34)19-7-9-21(10-8-19)36-17-23-16-30(2)26-12-11-22(35-3)15-27(26)37-23/h4-13,15,23H,14,16-17H2,1-3H3,(H,32,33)/t23-/m0/s1. The molecule has 0 spiro atoms. The van der Waals surface area contributed by atoms with Crippen LogP contribution in [0.1, 0.15) is 21.6 Å². The zero-order chi connectivity index (χ0) is 26.1. The maximum Gasteiger partial charge on any atom is 0.307 e. The van der Waals surface area contributed by atoms with Gasteiger partial charge in [0, 0.05) is 29.8 Å². The lowest BCUT2D eigenvalue weighted by molar-refractivity contribution is -0.136. The summed E-state index contributed by atoms with van der Waals surface area (Å²) in [6, 6.07) is 20.0. The molecule has 190 valence electrons. The van der Waals surface area contributed by atoms with E-state index in [1.54, 1.807) is 48.1 Å². The van der Waals surface area contributed by atoms with Crippen molar-refractivity contribution in [3.05, 3.63) is 83.6 Å². The molecule has 1 aliphatic heterocycles. The van der Waals surface area contributed by atoms with Crippen molar-refractivity contribution in [2.75, 3.05) is 32.2 Å². The molecule has 1 atom stereocenters. The van der Waals surface area contributed by atoms with Crippen LogP contribution >= 0.6 is 0 Å². The largest absolute Gasteiger partial charge is 0.497 e. The first-order valence-corrected chi connectivity index (χ1v) is 12.0. The summed E-state index contributed by atoms with van der Waals surface area (Å²) < 4.78 is 19.0. The van der Waals surface area contributed by atoms with Crippen LogP contribution in [0.15, 0.2) is 66.7 Å². The van der Waals surface area contributed by atoms with Crippen molar-refractivity contribution in [1.29, 1.82) is 0 Å². The number of carbonyl (C=O) groups is 2. The monoisotopic (exact) mass is 500 g/mol. The number of hydrogen-bond acceptors (Lipinski definition) is 6.